The monoisotopic (exact) mass is 195 g/mol. The number of hydrogen-bond donors (Lipinski definition) is 2. The third kappa shape index (κ3) is 3.39. The highest BCUT2D eigenvalue weighted by atomic mass is 16.3. The predicted molar refractivity (Wildman–Crippen MR) is 54.5 cm³/mol. The highest BCUT2D eigenvalue weighted by molar-refractivity contribution is 5.76. The number of aliphatic hydroxyl groups is 1. The quantitative estimate of drug-likeness (QED) is 0.655. The van der Waals surface area contributed by atoms with Gasteiger partial charge in [0.1, 0.15) is 0 Å². The van der Waals surface area contributed by atoms with Crippen molar-refractivity contribution < 1.29 is 9.90 Å². The molecule has 0 aromatic rings. The Balaban J connectivity index is 2.28. The summed E-state index contributed by atoms with van der Waals surface area (Å²) < 4.78 is 0. The molecule has 2 atom stereocenters. The number of carbonyl (C=O) groups is 1. The Kier molecular flexibility index (Phi) is 4.48. The molecular weight excluding hydrogens is 178 g/mol. The summed E-state index contributed by atoms with van der Waals surface area (Å²) in [4.78, 5) is 11.3. The number of nitrogens with one attached hydrogen (secondary N) is 1. The Morgan fingerprint density at radius 3 is 2.86 bits per heavy atom. The van der Waals surface area contributed by atoms with Gasteiger partial charge in [0.05, 0.1) is 12.1 Å². The first-order valence-electron chi connectivity index (χ1n) is 5.15. The van der Waals surface area contributed by atoms with E-state index >= 15 is 0 Å². The van der Waals surface area contributed by atoms with Crippen molar-refractivity contribution in [2.75, 3.05) is 0 Å². The van der Waals surface area contributed by atoms with E-state index in [1.165, 1.54) is 0 Å². The average molecular weight is 195 g/mol. The fourth-order valence-electron chi connectivity index (χ4n) is 1.74. The summed E-state index contributed by atoms with van der Waals surface area (Å²) in [7, 11) is 0. The van der Waals surface area contributed by atoms with Crippen molar-refractivity contribution in [3.05, 3.63) is 0 Å². The molecule has 0 bridgehead atoms. The van der Waals surface area contributed by atoms with Crippen LogP contribution in [0.3, 0.4) is 0 Å². The summed E-state index contributed by atoms with van der Waals surface area (Å²) in [5.74, 6) is 2.38. The van der Waals surface area contributed by atoms with Gasteiger partial charge in [-0.1, -0.05) is 12.8 Å². The first-order valence-corrected chi connectivity index (χ1v) is 5.15. The summed E-state index contributed by atoms with van der Waals surface area (Å²) in [6, 6.07) is -0.0611. The summed E-state index contributed by atoms with van der Waals surface area (Å²) in [6.07, 6.45) is 9.31. The van der Waals surface area contributed by atoms with Crippen molar-refractivity contribution in [3.63, 3.8) is 0 Å². The summed E-state index contributed by atoms with van der Waals surface area (Å²) >= 11 is 0. The summed E-state index contributed by atoms with van der Waals surface area (Å²) in [5.41, 5.74) is 0. The lowest BCUT2D eigenvalue weighted by Crippen LogP contribution is -2.44. The molecule has 0 radical (unpaired) electrons. The second kappa shape index (κ2) is 5.66. The molecular formula is C11H17NO2. The molecule has 1 saturated carbocycles. The van der Waals surface area contributed by atoms with Gasteiger partial charge < -0.3 is 10.4 Å². The van der Waals surface area contributed by atoms with Crippen molar-refractivity contribution in [1.82, 2.24) is 5.32 Å². The molecule has 0 aromatic carbocycles. The first-order chi connectivity index (χ1) is 6.74. The van der Waals surface area contributed by atoms with Gasteiger partial charge in [-0.15, -0.1) is 12.3 Å². The van der Waals surface area contributed by atoms with Crippen LogP contribution >= 0.6 is 0 Å². The van der Waals surface area contributed by atoms with Crippen LogP contribution in [0.15, 0.2) is 0 Å². The van der Waals surface area contributed by atoms with E-state index in [9.17, 15) is 9.90 Å². The minimum Gasteiger partial charge on any atom is -0.391 e. The fraction of sp³-hybridized carbons (Fsp3) is 0.727. The zero-order chi connectivity index (χ0) is 10.4. The summed E-state index contributed by atoms with van der Waals surface area (Å²) in [5, 5.41) is 12.4. The van der Waals surface area contributed by atoms with Crippen LogP contribution in [0.4, 0.5) is 0 Å². The van der Waals surface area contributed by atoms with Crippen LogP contribution in [-0.4, -0.2) is 23.2 Å². The zero-order valence-electron chi connectivity index (χ0n) is 8.33. The predicted octanol–water partition coefficient (Wildman–Crippen LogP) is 0.819. The van der Waals surface area contributed by atoms with Crippen LogP contribution in [0, 0.1) is 12.3 Å². The number of carbonyl (C=O) groups excluding carboxylic acids is 1. The molecule has 0 heterocycles. The molecule has 2 unspecified atom stereocenters. The average Bonchev–Trinajstić information content (AvgIpc) is 2.18. The first kappa shape index (κ1) is 11.1. The smallest absolute Gasteiger partial charge is 0.221 e. The lowest BCUT2D eigenvalue weighted by molar-refractivity contribution is -0.122. The van der Waals surface area contributed by atoms with Gasteiger partial charge in [0.15, 0.2) is 0 Å². The molecule has 78 valence electrons. The van der Waals surface area contributed by atoms with E-state index in [1.54, 1.807) is 0 Å². The van der Waals surface area contributed by atoms with Crippen molar-refractivity contribution in [2.24, 2.45) is 0 Å². The minimum atomic E-state index is -0.376. The standard InChI is InChI=1S/C11H17NO2/c1-2-3-8-11(14)12-9-6-4-5-7-10(9)13/h1,9-10,13H,3-8H2,(H,12,14). The van der Waals surface area contributed by atoms with E-state index in [1.807, 2.05) is 0 Å². The molecule has 1 aliphatic carbocycles. The molecule has 1 fully saturated rings. The molecule has 1 rings (SSSR count). The van der Waals surface area contributed by atoms with E-state index in [0.717, 1.165) is 25.7 Å². The molecule has 1 amide bonds. The largest absolute Gasteiger partial charge is 0.391 e. The molecule has 0 aromatic heterocycles. The second-order valence-corrected chi connectivity index (χ2v) is 3.73. The minimum absolute atomic E-state index is 0.0473. The molecule has 2 N–H and O–H groups in total. The van der Waals surface area contributed by atoms with Gasteiger partial charge in [-0.05, 0) is 12.8 Å². The van der Waals surface area contributed by atoms with Gasteiger partial charge in [0.25, 0.3) is 0 Å². The highest BCUT2D eigenvalue weighted by Gasteiger charge is 2.23. The molecule has 0 saturated heterocycles. The van der Waals surface area contributed by atoms with E-state index in [-0.39, 0.29) is 18.1 Å². The third-order valence-electron chi connectivity index (χ3n) is 2.57. The van der Waals surface area contributed by atoms with E-state index < -0.39 is 0 Å². The number of aliphatic hydroxyl groups excluding tert-OH is 1. The van der Waals surface area contributed by atoms with Crippen LogP contribution in [0.5, 0.6) is 0 Å². The number of rotatable bonds is 3. The number of hydrogen-bond acceptors (Lipinski definition) is 2. The normalized spacial score (nSPS) is 26.6. The van der Waals surface area contributed by atoms with Crippen LogP contribution < -0.4 is 5.32 Å². The zero-order valence-corrected chi connectivity index (χ0v) is 8.33. The van der Waals surface area contributed by atoms with Gasteiger partial charge in [0, 0.05) is 12.8 Å². The number of amides is 1. The maximum absolute atomic E-state index is 11.3. The maximum atomic E-state index is 11.3. The summed E-state index contributed by atoms with van der Waals surface area (Å²) in [6.45, 7) is 0. The van der Waals surface area contributed by atoms with Gasteiger partial charge in [0.2, 0.25) is 5.91 Å². The van der Waals surface area contributed by atoms with E-state index in [4.69, 9.17) is 6.42 Å². The Labute approximate surface area is 84.9 Å². The van der Waals surface area contributed by atoms with Crippen molar-refractivity contribution in [1.29, 1.82) is 0 Å². The van der Waals surface area contributed by atoms with Crippen molar-refractivity contribution >= 4 is 5.91 Å². The third-order valence-corrected chi connectivity index (χ3v) is 2.57. The molecule has 0 spiro atoms. The van der Waals surface area contributed by atoms with Crippen LogP contribution in [0.1, 0.15) is 38.5 Å². The van der Waals surface area contributed by atoms with Gasteiger partial charge in [-0.25, -0.2) is 0 Å². The van der Waals surface area contributed by atoms with Gasteiger partial charge >= 0.3 is 0 Å². The molecule has 3 nitrogen and oxygen atoms in total. The Morgan fingerprint density at radius 1 is 1.50 bits per heavy atom. The SMILES string of the molecule is C#CCCC(=O)NC1CCCCC1O. The Hall–Kier alpha value is -1.01. The lowest BCUT2D eigenvalue weighted by atomic mass is 9.92. The van der Waals surface area contributed by atoms with E-state index in [2.05, 4.69) is 11.2 Å². The van der Waals surface area contributed by atoms with Crippen molar-refractivity contribution in [2.45, 2.75) is 50.7 Å². The maximum Gasteiger partial charge on any atom is 0.221 e. The number of terminal acetylenes is 1. The van der Waals surface area contributed by atoms with Crippen molar-refractivity contribution in [3.8, 4) is 12.3 Å². The Bertz CT molecular complexity index is 232. The molecule has 0 aliphatic heterocycles. The molecule has 1 aliphatic rings. The van der Waals surface area contributed by atoms with Gasteiger partial charge in [-0.3, -0.25) is 4.79 Å². The van der Waals surface area contributed by atoms with Gasteiger partial charge in [-0.2, -0.15) is 0 Å². The topological polar surface area (TPSA) is 49.3 Å². The second-order valence-electron chi connectivity index (χ2n) is 3.73. The van der Waals surface area contributed by atoms with Crippen LogP contribution in [0.25, 0.3) is 0 Å². The molecule has 14 heavy (non-hydrogen) atoms. The fourth-order valence-corrected chi connectivity index (χ4v) is 1.74. The van der Waals surface area contributed by atoms with Crippen LogP contribution in [-0.2, 0) is 4.79 Å². The van der Waals surface area contributed by atoms with Crippen LogP contribution in [0.2, 0.25) is 0 Å². The Morgan fingerprint density at radius 2 is 2.21 bits per heavy atom. The van der Waals surface area contributed by atoms with E-state index in [0.29, 0.717) is 12.8 Å². The highest BCUT2D eigenvalue weighted by Crippen LogP contribution is 2.18. The molecule has 3 heteroatoms. The lowest BCUT2D eigenvalue weighted by Gasteiger charge is -2.28.